The van der Waals surface area contributed by atoms with Gasteiger partial charge in [-0.15, -0.1) is 0 Å². The second-order valence-electron chi connectivity index (χ2n) is 4.70. The summed E-state index contributed by atoms with van der Waals surface area (Å²) in [5, 5.41) is 13.9. The number of aliphatic hydroxyl groups excluding tert-OH is 1. The molecule has 9 nitrogen and oxygen atoms in total. The molecule has 0 aliphatic rings. The molecule has 1 aromatic rings. The van der Waals surface area contributed by atoms with Gasteiger partial charge in [-0.3, -0.25) is 4.79 Å². The average Bonchev–Trinajstić information content (AvgIpc) is 2.50. The van der Waals surface area contributed by atoms with Crippen LogP contribution in [-0.4, -0.2) is 35.8 Å². The van der Waals surface area contributed by atoms with Crippen molar-refractivity contribution in [2.45, 2.75) is 25.6 Å². The number of ether oxygens (including phenoxy) is 1. The van der Waals surface area contributed by atoms with E-state index in [0.29, 0.717) is 17.7 Å². The topological polar surface area (TPSA) is 157 Å². The molecule has 0 saturated heterocycles. The van der Waals surface area contributed by atoms with E-state index in [9.17, 15) is 14.4 Å². The maximum Gasteiger partial charge on any atom is 0.405 e. The van der Waals surface area contributed by atoms with Gasteiger partial charge in [-0.25, -0.2) is 9.59 Å². The molecule has 0 aliphatic heterocycles. The summed E-state index contributed by atoms with van der Waals surface area (Å²) < 4.78 is 4.78. The first-order valence-electron chi connectivity index (χ1n) is 6.92. The number of hydrogen-bond donors (Lipinski definition) is 5. The summed E-state index contributed by atoms with van der Waals surface area (Å²) in [6, 6.07) is 5.84. The van der Waals surface area contributed by atoms with Gasteiger partial charge in [0, 0.05) is 12.2 Å². The Balaban J connectivity index is 2.59. The highest BCUT2D eigenvalue weighted by Crippen LogP contribution is 2.12. The van der Waals surface area contributed by atoms with Gasteiger partial charge in [0.1, 0.15) is 0 Å². The van der Waals surface area contributed by atoms with Crippen LogP contribution in [0.3, 0.4) is 0 Å². The lowest BCUT2D eigenvalue weighted by molar-refractivity contribution is -0.124. The van der Waals surface area contributed by atoms with E-state index >= 15 is 0 Å². The molecule has 0 radical (unpaired) electrons. The van der Waals surface area contributed by atoms with Crippen LogP contribution in [0.1, 0.15) is 18.4 Å². The number of anilines is 1. The van der Waals surface area contributed by atoms with E-state index in [4.69, 9.17) is 21.3 Å². The van der Waals surface area contributed by atoms with Crippen LogP contribution in [0, 0.1) is 0 Å². The first-order chi connectivity index (χ1) is 10.9. The van der Waals surface area contributed by atoms with Crippen molar-refractivity contribution in [2.75, 3.05) is 11.9 Å². The van der Waals surface area contributed by atoms with Crippen molar-refractivity contribution in [3.8, 4) is 0 Å². The first kappa shape index (κ1) is 18.2. The molecule has 1 atom stereocenters. The minimum Gasteiger partial charge on any atom is -0.436 e. The van der Waals surface area contributed by atoms with E-state index in [1.165, 1.54) is 0 Å². The van der Waals surface area contributed by atoms with Gasteiger partial charge < -0.3 is 31.9 Å². The molecule has 0 fully saturated rings. The number of nitrogens with one attached hydrogen (secondary N) is 2. The van der Waals surface area contributed by atoms with Crippen molar-refractivity contribution in [3.63, 3.8) is 0 Å². The van der Waals surface area contributed by atoms with Gasteiger partial charge in [0.05, 0.1) is 6.61 Å². The average molecular weight is 324 g/mol. The van der Waals surface area contributed by atoms with Crippen LogP contribution >= 0.6 is 0 Å². The number of carbonyl (C=O) groups excluding carboxylic acids is 3. The Morgan fingerprint density at radius 3 is 2.35 bits per heavy atom. The first-order valence-corrected chi connectivity index (χ1v) is 6.92. The summed E-state index contributed by atoms with van der Waals surface area (Å²) in [5.74, 6) is -0.542. The third-order valence-electron chi connectivity index (χ3n) is 2.90. The Morgan fingerprint density at radius 2 is 1.83 bits per heavy atom. The molecule has 0 bridgehead atoms. The summed E-state index contributed by atoms with van der Waals surface area (Å²) in [6.07, 6.45) is -1.61. The number of aliphatic hydroxyl groups is 1. The Labute approximate surface area is 133 Å². The minimum atomic E-state index is -1.08. The highest BCUT2D eigenvalue weighted by Gasteiger charge is 2.21. The molecular formula is C14H20N4O5. The zero-order valence-electron chi connectivity index (χ0n) is 12.5. The predicted octanol–water partition coefficient (Wildman–Crippen LogP) is 0.0298. The molecule has 0 saturated carbocycles. The lowest BCUT2D eigenvalue weighted by Crippen LogP contribution is -2.36. The van der Waals surface area contributed by atoms with Gasteiger partial charge in [-0.2, -0.15) is 0 Å². The summed E-state index contributed by atoms with van der Waals surface area (Å²) in [4.78, 5) is 33.6. The molecule has 126 valence electrons. The van der Waals surface area contributed by atoms with Crippen molar-refractivity contribution in [3.05, 3.63) is 29.8 Å². The van der Waals surface area contributed by atoms with Crippen LogP contribution < -0.4 is 22.1 Å². The fraction of sp³-hybridized carbons (Fsp3) is 0.357. The van der Waals surface area contributed by atoms with Crippen LogP contribution in [0.2, 0.25) is 0 Å². The summed E-state index contributed by atoms with van der Waals surface area (Å²) >= 11 is 0. The molecule has 1 aromatic carbocycles. The fourth-order valence-electron chi connectivity index (χ4n) is 1.80. The summed E-state index contributed by atoms with van der Waals surface area (Å²) in [6.45, 7) is 0.140. The Kier molecular flexibility index (Phi) is 7.34. The molecule has 7 N–H and O–H groups in total. The highest BCUT2D eigenvalue weighted by molar-refractivity contribution is 5.95. The lowest BCUT2D eigenvalue weighted by Gasteiger charge is -2.16. The van der Waals surface area contributed by atoms with E-state index in [2.05, 4.69) is 10.6 Å². The van der Waals surface area contributed by atoms with E-state index in [1.54, 1.807) is 24.3 Å². The maximum atomic E-state index is 12.1. The standard InChI is InChI=1S/C14H20N4O5/c15-13(21)17-7-1-2-11(23-14(16)22)12(20)18-10-5-3-9(8-19)4-6-10/h3-6,11,19H,1-2,7-8H2,(H2,16,22)(H,18,20)(H3,15,17,21). The normalized spacial score (nSPS) is 11.3. The van der Waals surface area contributed by atoms with Crippen molar-refractivity contribution in [2.24, 2.45) is 11.5 Å². The molecule has 9 heteroatoms. The molecule has 23 heavy (non-hydrogen) atoms. The van der Waals surface area contributed by atoms with Gasteiger partial charge in [0.25, 0.3) is 5.91 Å². The number of primary amides is 2. The predicted molar refractivity (Wildman–Crippen MR) is 82.3 cm³/mol. The third-order valence-corrected chi connectivity index (χ3v) is 2.90. The quantitative estimate of drug-likeness (QED) is 0.426. The SMILES string of the molecule is NC(=O)NCCCC(OC(N)=O)C(=O)Nc1ccc(CO)cc1. The van der Waals surface area contributed by atoms with Crippen molar-refractivity contribution < 1.29 is 24.2 Å². The van der Waals surface area contributed by atoms with E-state index in [0.717, 1.165) is 0 Å². The van der Waals surface area contributed by atoms with Gasteiger partial charge in [0.2, 0.25) is 0 Å². The van der Waals surface area contributed by atoms with Crippen LogP contribution in [0.15, 0.2) is 24.3 Å². The smallest absolute Gasteiger partial charge is 0.405 e. The molecule has 1 rings (SSSR count). The van der Waals surface area contributed by atoms with Crippen molar-refractivity contribution in [1.82, 2.24) is 5.32 Å². The molecule has 1 unspecified atom stereocenters. The van der Waals surface area contributed by atoms with Gasteiger partial charge in [0.15, 0.2) is 6.10 Å². The molecule has 0 aliphatic carbocycles. The molecular weight excluding hydrogens is 304 g/mol. The summed E-state index contributed by atoms with van der Waals surface area (Å²) in [7, 11) is 0. The van der Waals surface area contributed by atoms with Gasteiger partial charge in [-0.1, -0.05) is 12.1 Å². The second-order valence-corrected chi connectivity index (χ2v) is 4.70. The number of benzene rings is 1. The zero-order chi connectivity index (χ0) is 17.2. The molecule has 4 amide bonds. The van der Waals surface area contributed by atoms with Crippen molar-refractivity contribution in [1.29, 1.82) is 0 Å². The highest BCUT2D eigenvalue weighted by atomic mass is 16.6. The largest absolute Gasteiger partial charge is 0.436 e. The number of carbonyl (C=O) groups is 3. The number of nitrogens with two attached hydrogens (primary N) is 2. The molecule has 0 heterocycles. The van der Waals surface area contributed by atoms with E-state index < -0.39 is 24.1 Å². The van der Waals surface area contributed by atoms with Crippen LogP contribution in [0.25, 0.3) is 0 Å². The number of urea groups is 1. The zero-order valence-corrected chi connectivity index (χ0v) is 12.5. The van der Waals surface area contributed by atoms with E-state index in [1.807, 2.05) is 0 Å². The van der Waals surface area contributed by atoms with Crippen LogP contribution in [0.4, 0.5) is 15.3 Å². The maximum absolute atomic E-state index is 12.1. The molecule has 0 spiro atoms. The van der Waals surface area contributed by atoms with Crippen molar-refractivity contribution >= 4 is 23.7 Å². The third kappa shape index (κ3) is 7.14. The number of hydrogen-bond acceptors (Lipinski definition) is 5. The Morgan fingerprint density at radius 1 is 1.17 bits per heavy atom. The number of rotatable bonds is 8. The Hall–Kier alpha value is -2.81. The van der Waals surface area contributed by atoms with Gasteiger partial charge in [-0.05, 0) is 30.5 Å². The Bertz CT molecular complexity index is 547. The second kappa shape index (κ2) is 9.26. The van der Waals surface area contributed by atoms with Crippen LogP contribution in [0.5, 0.6) is 0 Å². The van der Waals surface area contributed by atoms with Crippen LogP contribution in [-0.2, 0) is 16.1 Å². The van der Waals surface area contributed by atoms with Gasteiger partial charge >= 0.3 is 12.1 Å². The minimum absolute atomic E-state index is 0.103. The van der Waals surface area contributed by atoms with E-state index in [-0.39, 0.29) is 19.6 Å². The molecule has 0 aromatic heterocycles. The fourth-order valence-corrected chi connectivity index (χ4v) is 1.80. The monoisotopic (exact) mass is 324 g/mol. The summed E-state index contributed by atoms with van der Waals surface area (Å²) in [5.41, 5.74) is 11.1. The number of amides is 4. The lowest BCUT2D eigenvalue weighted by atomic mass is 10.1.